The first-order valence-electron chi connectivity index (χ1n) is 8.63. The van der Waals surface area contributed by atoms with Crippen molar-refractivity contribution in [1.82, 2.24) is 29.8 Å². The molecule has 0 aromatic carbocycles. The number of fused-ring (bicyclic) bond motifs is 1. The predicted molar refractivity (Wildman–Crippen MR) is 95.7 cm³/mol. The summed E-state index contributed by atoms with van der Waals surface area (Å²) in [6.45, 7) is 5.43. The van der Waals surface area contributed by atoms with Gasteiger partial charge in [0.1, 0.15) is 5.52 Å². The SMILES string of the molecule is CCc1nc(CN2CCN(c3nc(C(F)(F)F)nc4nc[nH]c34)CC2)cs1. The second kappa shape index (κ2) is 7.04. The molecule has 7 nitrogen and oxygen atoms in total. The molecule has 0 saturated carbocycles. The van der Waals surface area contributed by atoms with Crippen LogP contribution in [-0.4, -0.2) is 56.0 Å². The van der Waals surface area contributed by atoms with Gasteiger partial charge in [0, 0.05) is 38.1 Å². The van der Waals surface area contributed by atoms with E-state index in [1.54, 1.807) is 11.3 Å². The fourth-order valence-corrected chi connectivity index (χ4v) is 3.84. The number of hydrogen-bond acceptors (Lipinski definition) is 7. The van der Waals surface area contributed by atoms with Crippen LogP contribution < -0.4 is 4.90 Å². The Morgan fingerprint density at radius 2 is 1.93 bits per heavy atom. The monoisotopic (exact) mass is 397 g/mol. The molecular formula is C16H18F3N7S. The third kappa shape index (κ3) is 3.74. The summed E-state index contributed by atoms with van der Waals surface area (Å²) in [7, 11) is 0. The number of aromatic nitrogens is 5. The number of thiazole rings is 1. The lowest BCUT2D eigenvalue weighted by molar-refractivity contribution is -0.144. The summed E-state index contributed by atoms with van der Waals surface area (Å²) < 4.78 is 39.3. The summed E-state index contributed by atoms with van der Waals surface area (Å²) in [5.41, 5.74) is 1.51. The van der Waals surface area contributed by atoms with E-state index < -0.39 is 12.0 Å². The predicted octanol–water partition coefficient (Wildman–Crippen LogP) is 2.71. The van der Waals surface area contributed by atoms with E-state index in [-0.39, 0.29) is 11.5 Å². The van der Waals surface area contributed by atoms with E-state index in [2.05, 4.69) is 42.1 Å². The lowest BCUT2D eigenvalue weighted by Gasteiger charge is -2.35. The average molecular weight is 397 g/mol. The molecule has 0 amide bonds. The molecule has 0 bridgehead atoms. The molecule has 1 fully saturated rings. The normalized spacial score (nSPS) is 16.4. The van der Waals surface area contributed by atoms with Crippen LogP contribution in [0.25, 0.3) is 11.2 Å². The Morgan fingerprint density at radius 3 is 2.59 bits per heavy atom. The van der Waals surface area contributed by atoms with E-state index in [0.717, 1.165) is 36.8 Å². The van der Waals surface area contributed by atoms with Crippen LogP contribution in [0, 0.1) is 0 Å². The smallest absolute Gasteiger partial charge is 0.352 e. The summed E-state index contributed by atoms with van der Waals surface area (Å²) in [5.74, 6) is -0.902. The first kappa shape index (κ1) is 18.1. The minimum absolute atomic E-state index is 0.0318. The highest BCUT2D eigenvalue weighted by Gasteiger charge is 2.36. The number of nitrogens with zero attached hydrogens (tertiary/aromatic N) is 6. The van der Waals surface area contributed by atoms with Crippen LogP contribution in [0.2, 0.25) is 0 Å². The standard InChI is InChI=1S/C16H18F3N7S/c1-2-11-22-10(8-27-11)7-25-3-5-26(6-4-25)14-12-13(21-9-20-12)23-15(24-14)16(17,18)19/h8-9H,2-7H2,1H3,(H,20,21,23,24). The average Bonchev–Trinajstić information content (AvgIpc) is 3.29. The van der Waals surface area contributed by atoms with Gasteiger partial charge >= 0.3 is 6.18 Å². The van der Waals surface area contributed by atoms with Crippen LogP contribution >= 0.6 is 11.3 Å². The minimum atomic E-state index is -4.61. The highest BCUT2D eigenvalue weighted by Crippen LogP contribution is 2.31. The van der Waals surface area contributed by atoms with Crippen molar-refractivity contribution < 1.29 is 13.2 Å². The quantitative estimate of drug-likeness (QED) is 0.730. The highest BCUT2D eigenvalue weighted by atomic mass is 32.1. The van der Waals surface area contributed by atoms with E-state index in [9.17, 15) is 13.2 Å². The van der Waals surface area contributed by atoms with Crippen molar-refractivity contribution in [2.75, 3.05) is 31.1 Å². The van der Waals surface area contributed by atoms with Gasteiger partial charge in [0.05, 0.1) is 17.0 Å². The fourth-order valence-electron chi connectivity index (χ4n) is 3.10. The Balaban J connectivity index is 1.50. The maximum absolute atomic E-state index is 13.1. The Kier molecular flexibility index (Phi) is 4.72. The Morgan fingerprint density at radius 1 is 1.15 bits per heavy atom. The summed E-state index contributed by atoms with van der Waals surface area (Å²) >= 11 is 1.66. The van der Waals surface area contributed by atoms with Gasteiger partial charge in [0.2, 0.25) is 5.82 Å². The number of aryl methyl sites for hydroxylation is 1. The molecule has 1 N–H and O–H groups in total. The van der Waals surface area contributed by atoms with E-state index in [1.165, 1.54) is 6.33 Å². The summed E-state index contributed by atoms with van der Waals surface area (Å²) in [4.78, 5) is 22.7. The van der Waals surface area contributed by atoms with Crippen LogP contribution in [0.3, 0.4) is 0 Å². The van der Waals surface area contributed by atoms with Gasteiger partial charge in [0.25, 0.3) is 0 Å². The molecule has 0 unspecified atom stereocenters. The van der Waals surface area contributed by atoms with E-state index in [0.29, 0.717) is 18.6 Å². The second-order valence-electron chi connectivity index (χ2n) is 6.32. The zero-order chi connectivity index (χ0) is 19.0. The van der Waals surface area contributed by atoms with Crippen molar-refractivity contribution in [3.8, 4) is 0 Å². The molecule has 0 atom stereocenters. The zero-order valence-electron chi connectivity index (χ0n) is 14.6. The number of anilines is 1. The van der Waals surface area contributed by atoms with Gasteiger partial charge in [0.15, 0.2) is 11.5 Å². The minimum Gasteiger partial charge on any atom is -0.352 e. The topological polar surface area (TPSA) is 73.8 Å². The van der Waals surface area contributed by atoms with E-state index in [1.807, 2.05) is 4.90 Å². The van der Waals surface area contributed by atoms with E-state index >= 15 is 0 Å². The maximum atomic E-state index is 13.1. The molecule has 4 rings (SSSR count). The number of halogens is 3. The van der Waals surface area contributed by atoms with Gasteiger partial charge in [-0.25, -0.2) is 19.9 Å². The molecule has 3 aromatic rings. The Labute approximate surface area is 157 Å². The van der Waals surface area contributed by atoms with Crippen LogP contribution in [0.5, 0.6) is 0 Å². The lowest BCUT2D eigenvalue weighted by atomic mass is 10.3. The molecule has 3 aromatic heterocycles. The molecule has 0 spiro atoms. The number of piperazine rings is 1. The van der Waals surface area contributed by atoms with Crippen LogP contribution in [0.1, 0.15) is 23.4 Å². The number of alkyl halides is 3. The van der Waals surface area contributed by atoms with Crippen LogP contribution in [0.4, 0.5) is 19.0 Å². The lowest BCUT2D eigenvalue weighted by Crippen LogP contribution is -2.46. The van der Waals surface area contributed by atoms with Gasteiger partial charge in [-0.15, -0.1) is 11.3 Å². The van der Waals surface area contributed by atoms with Crippen molar-refractivity contribution in [2.24, 2.45) is 0 Å². The molecular weight excluding hydrogens is 379 g/mol. The number of H-pyrrole nitrogens is 1. The number of hydrogen-bond donors (Lipinski definition) is 1. The van der Waals surface area contributed by atoms with Crippen molar-refractivity contribution >= 4 is 28.3 Å². The first-order chi connectivity index (χ1) is 12.9. The van der Waals surface area contributed by atoms with Crippen LogP contribution in [-0.2, 0) is 19.1 Å². The number of rotatable bonds is 4. The molecule has 144 valence electrons. The summed E-state index contributed by atoms with van der Waals surface area (Å²) in [6.07, 6.45) is -2.34. The fraction of sp³-hybridized carbons (Fsp3) is 0.500. The van der Waals surface area contributed by atoms with Crippen molar-refractivity contribution in [1.29, 1.82) is 0 Å². The summed E-state index contributed by atoms with van der Waals surface area (Å²) in [5, 5.41) is 3.19. The van der Waals surface area contributed by atoms with Gasteiger partial charge in [-0.1, -0.05) is 6.92 Å². The Bertz CT molecular complexity index is 928. The zero-order valence-corrected chi connectivity index (χ0v) is 15.4. The van der Waals surface area contributed by atoms with E-state index in [4.69, 9.17) is 0 Å². The molecule has 11 heteroatoms. The molecule has 4 heterocycles. The molecule has 0 radical (unpaired) electrons. The number of nitrogens with one attached hydrogen (secondary N) is 1. The molecule has 0 aliphatic carbocycles. The molecule has 27 heavy (non-hydrogen) atoms. The molecule has 1 aliphatic heterocycles. The van der Waals surface area contributed by atoms with Gasteiger partial charge < -0.3 is 9.88 Å². The summed E-state index contributed by atoms with van der Waals surface area (Å²) in [6, 6.07) is 0. The van der Waals surface area contributed by atoms with Crippen molar-refractivity contribution in [3.05, 3.63) is 28.2 Å². The molecule has 1 saturated heterocycles. The van der Waals surface area contributed by atoms with Crippen molar-refractivity contribution in [2.45, 2.75) is 26.1 Å². The third-order valence-corrected chi connectivity index (χ3v) is 5.52. The third-order valence-electron chi connectivity index (χ3n) is 4.48. The first-order valence-corrected chi connectivity index (χ1v) is 9.51. The molecule has 1 aliphatic rings. The highest BCUT2D eigenvalue weighted by molar-refractivity contribution is 7.09. The number of imidazole rings is 1. The largest absolute Gasteiger partial charge is 0.451 e. The van der Waals surface area contributed by atoms with Gasteiger partial charge in [-0.05, 0) is 6.42 Å². The van der Waals surface area contributed by atoms with Crippen molar-refractivity contribution in [3.63, 3.8) is 0 Å². The number of aromatic amines is 1. The van der Waals surface area contributed by atoms with Gasteiger partial charge in [-0.2, -0.15) is 13.2 Å². The second-order valence-corrected chi connectivity index (χ2v) is 7.26. The van der Waals surface area contributed by atoms with Crippen LogP contribution in [0.15, 0.2) is 11.7 Å². The maximum Gasteiger partial charge on any atom is 0.451 e. The Hall–Kier alpha value is -2.27. The van der Waals surface area contributed by atoms with Gasteiger partial charge in [-0.3, -0.25) is 4.90 Å².